The predicted molar refractivity (Wildman–Crippen MR) is 97.2 cm³/mol. The summed E-state index contributed by atoms with van der Waals surface area (Å²) in [7, 11) is 4.31. The number of hydrogen-bond acceptors (Lipinski definition) is 3. The molecule has 1 aliphatic heterocycles. The molecule has 2 rings (SSSR count). The first kappa shape index (κ1) is 22.0. The van der Waals surface area contributed by atoms with Crippen molar-refractivity contribution in [3.63, 3.8) is 0 Å². The Morgan fingerprint density at radius 2 is 1.95 bits per heavy atom. The number of hydrogen-bond donors (Lipinski definition) is 2. The Kier molecular flexibility index (Phi) is 9.95. The predicted octanol–water partition coefficient (Wildman–Crippen LogP) is 2.60. The molecule has 1 heterocycles. The molecule has 0 aromatic carbocycles. The molecule has 2 aliphatic rings. The van der Waals surface area contributed by atoms with Gasteiger partial charge in [-0.1, -0.05) is 26.2 Å². The van der Waals surface area contributed by atoms with Crippen molar-refractivity contribution in [1.82, 2.24) is 15.5 Å². The highest BCUT2D eigenvalue weighted by Gasteiger charge is 2.37. The first-order chi connectivity index (χ1) is 9.53. The summed E-state index contributed by atoms with van der Waals surface area (Å²) >= 11 is 0. The van der Waals surface area contributed by atoms with E-state index < -0.39 is 0 Å². The van der Waals surface area contributed by atoms with E-state index in [0.29, 0.717) is 0 Å². The van der Waals surface area contributed by atoms with Gasteiger partial charge in [-0.05, 0) is 52.2 Å². The summed E-state index contributed by atoms with van der Waals surface area (Å²) in [6, 6.07) is 0.0315. The van der Waals surface area contributed by atoms with E-state index in [1.807, 2.05) is 0 Å². The van der Waals surface area contributed by atoms with Crippen LogP contribution in [0, 0.1) is 5.92 Å². The monoisotopic (exact) mass is 353 g/mol. The minimum Gasteiger partial charge on any atom is -0.353 e. The Balaban J connectivity index is 0.00000220. The maximum absolute atomic E-state index is 12.3. The SMILES string of the molecule is CC1CCCC(CNC(=O)[C@@H]2CCCCN2)(N(C)C)C1.Cl.Cl. The van der Waals surface area contributed by atoms with E-state index in [2.05, 4.69) is 36.6 Å². The topological polar surface area (TPSA) is 44.4 Å². The molecule has 0 spiro atoms. The molecule has 22 heavy (non-hydrogen) atoms. The molecular weight excluding hydrogens is 321 g/mol. The van der Waals surface area contributed by atoms with Gasteiger partial charge in [-0.2, -0.15) is 0 Å². The third kappa shape index (κ3) is 5.55. The summed E-state index contributed by atoms with van der Waals surface area (Å²) in [5, 5.41) is 6.55. The van der Waals surface area contributed by atoms with Crippen LogP contribution in [0.4, 0.5) is 0 Å². The molecule has 2 unspecified atom stereocenters. The smallest absolute Gasteiger partial charge is 0.237 e. The number of carbonyl (C=O) groups is 1. The van der Waals surface area contributed by atoms with E-state index in [1.165, 1.54) is 38.5 Å². The lowest BCUT2D eigenvalue weighted by Gasteiger charge is -2.45. The Morgan fingerprint density at radius 3 is 2.50 bits per heavy atom. The highest BCUT2D eigenvalue weighted by molar-refractivity contribution is 5.85. The van der Waals surface area contributed by atoms with Crippen molar-refractivity contribution in [3.05, 3.63) is 0 Å². The summed E-state index contributed by atoms with van der Waals surface area (Å²) in [6.07, 6.45) is 8.34. The zero-order valence-electron chi connectivity index (χ0n) is 14.2. The van der Waals surface area contributed by atoms with Crippen molar-refractivity contribution in [2.75, 3.05) is 27.2 Å². The van der Waals surface area contributed by atoms with Crippen LogP contribution in [0.15, 0.2) is 0 Å². The molecule has 6 heteroatoms. The number of nitrogens with one attached hydrogen (secondary N) is 2. The van der Waals surface area contributed by atoms with Gasteiger partial charge in [-0.15, -0.1) is 24.8 Å². The number of carbonyl (C=O) groups excluding carboxylic acids is 1. The van der Waals surface area contributed by atoms with Crippen LogP contribution in [0.2, 0.25) is 0 Å². The van der Waals surface area contributed by atoms with E-state index in [4.69, 9.17) is 0 Å². The quantitative estimate of drug-likeness (QED) is 0.816. The molecule has 2 fully saturated rings. The van der Waals surface area contributed by atoms with Crippen LogP contribution in [0.1, 0.15) is 51.9 Å². The molecular formula is C16H33Cl2N3O. The summed E-state index contributed by atoms with van der Waals surface area (Å²) in [5.41, 5.74) is 0.155. The number of halogens is 2. The van der Waals surface area contributed by atoms with Crippen LogP contribution >= 0.6 is 24.8 Å². The molecule has 132 valence electrons. The fourth-order valence-corrected chi connectivity index (χ4v) is 3.81. The lowest BCUT2D eigenvalue weighted by molar-refractivity contribution is -0.124. The Morgan fingerprint density at radius 1 is 1.23 bits per heavy atom. The van der Waals surface area contributed by atoms with Crippen molar-refractivity contribution in [3.8, 4) is 0 Å². The average molecular weight is 354 g/mol. The minimum atomic E-state index is 0. The van der Waals surface area contributed by atoms with Gasteiger partial charge < -0.3 is 15.5 Å². The number of amides is 1. The summed E-state index contributed by atoms with van der Waals surface area (Å²) < 4.78 is 0. The Hall–Kier alpha value is -0.0300. The van der Waals surface area contributed by atoms with E-state index in [-0.39, 0.29) is 42.3 Å². The van der Waals surface area contributed by atoms with E-state index >= 15 is 0 Å². The average Bonchev–Trinajstić information content (AvgIpc) is 2.45. The second-order valence-electron chi connectivity index (χ2n) is 7.04. The van der Waals surface area contributed by atoms with Gasteiger partial charge in [0.2, 0.25) is 5.91 Å². The van der Waals surface area contributed by atoms with Crippen LogP contribution in [-0.4, -0.2) is 49.6 Å². The third-order valence-electron chi connectivity index (χ3n) is 5.23. The van der Waals surface area contributed by atoms with Gasteiger partial charge in [-0.3, -0.25) is 4.79 Å². The molecule has 0 radical (unpaired) electrons. The van der Waals surface area contributed by atoms with Crippen LogP contribution < -0.4 is 10.6 Å². The van der Waals surface area contributed by atoms with Gasteiger partial charge in [-0.25, -0.2) is 0 Å². The van der Waals surface area contributed by atoms with Crippen LogP contribution in [0.5, 0.6) is 0 Å². The number of nitrogens with zero attached hydrogens (tertiary/aromatic N) is 1. The number of rotatable bonds is 4. The van der Waals surface area contributed by atoms with Crippen molar-refractivity contribution in [2.24, 2.45) is 5.92 Å². The van der Waals surface area contributed by atoms with Crippen molar-refractivity contribution < 1.29 is 4.79 Å². The van der Waals surface area contributed by atoms with Crippen LogP contribution in [-0.2, 0) is 4.79 Å². The molecule has 0 aromatic rings. The first-order valence-corrected chi connectivity index (χ1v) is 8.22. The minimum absolute atomic E-state index is 0. The zero-order chi connectivity index (χ0) is 14.6. The van der Waals surface area contributed by atoms with Gasteiger partial charge in [0.1, 0.15) is 0 Å². The second kappa shape index (κ2) is 9.96. The summed E-state index contributed by atoms with van der Waals surface area (Å²) in [4.78, 5) is 14.6. The zero-order valence-corrected chi connectivity index (χ0v) is 15.8. The van der Waals surface area contributed by atoms with Crippen LogP contribution in [0.3, 0.4) is 0 Å². The first-order valence-electron chi connectivity index (χ1n) is 8.22. The van der Waals surface area contributed by atoms with Gasteiger partial charge in [0.15, 0.2) is 0 Å². The highest BCUT2D eigenvalue weighted by atomic mass is 35.5. The van der Waals surface area contributed by atoms with Crippen molar-refractivity contribution in [2.45, 2.75) is 63.5 Å². The molecule has 1 saturated carbocycles. The maximum atomic E-state index is 12.3. The Labute approximate surface area is 148 Å². The van der Waals surface area contributed by atoms with E-state index in [1.54, 1.807) is 0 Å². The third-order valence-corrected chi connectivity index (χ3v) is 5.23. The number of likely N-dealkylation sites (N-methyl/N-ethyl adjacent to an activating group) is 1. The highest BCUT2D eigenvalue weighted by Crippen LogP contribution is 2.35. The van der Waals surface area contributed by atoms with Gasteiger partial charge in [0.05, 0.1) is 6.04 Å². The molecule has 1 saturated heterocycles. The second-order valence-corrected chi connectivity index (χ2v) is 7.04. The molecule has 2 N–H and O–H groups in total. The molecule has 1 amide bonds. The van der Waals surface area contributed by atoms with Crippen molar-refractivity contribution in [1.29, 1.82) is 0 Å². The molecule has 4 nitrogen and oxygen atoms in total. The number of piperidine rings is 1. The summed E-state index contributed by atoms with van der Waals surface area (Å²) in [6.45, 7) is 4.11. The van der Waals surface area contributed by atoms with Gasteiger partial charge >= 0.3 is 0 Å². The molecule has 1 aliphatic carbocycles. The molecule has 3 atom stereocenters. The van der Waals surface area contributed by atoms with Crippen LogP contribution in [0.25, 0.3) is 0 Å². The summed E-state index contributed by atoms with van der Waals surface area (Å²) in [5.74, 6) is 0.958. The fraction of sp³-hybridized carbons (Fsp3) is 0.938. The lowest BCUT2D eigenvalue weighted by atomic mass is 9.75. The normalized spacial score (nSPS) is 31.8. The standard InChI is InChI=1S/C16H31N3O.2ClH/c1-13-7-6-9-16(11-13,19(2)3)12-18-15(20)14-8-4-5-10-17-14;;/h13-14,17H,4-12H2,1-3H3,(H,18,20);2*1H/t13?,14-,16?;;/m0../s1. The Bertz CT molecular complexity index is 335. The molecule has 0 aromatic heterocycles. The lowest BCUT2D eigenvalue weighted by Crippen LogP contribution is -2.57. The molecule has 0 bridgehead atoms. The fourth-order valence-electron chi connectivity index (χ4n) is 3.81. The largest absolute Gasteiger partial charge is 0.353 e. The van der Waals surface area contributed by atoms with Gasteiger partial charge in [0.25, 0.3) is 0 Å². The maximum Gasteiger partial charge on any atom is 0.237 e. The van der Waals surface area contributed by atoms with Crippen molar-refractivity contribution >= 4 is 30.7 Å². The van der Waals surface area contributed by atoms with E-state index in [0.717, 1.165) is 25.4 Å². The van der Waals surface area contributed by atoms with E-state index in [9.17, 15) is 4.79 Å². The van der Waals surface area contributed by atoms with Gasteiger partial charge in [0, 0.05) is 12.1 Å².